The maximum atomic E-state index is 12.2. The summed E-state index contributed by atoms with van der Waals surface area (Å²) in [5.74, 6) is 0.0517. The highest BCUT2D eigenvalue weighted by molar-refractivity contribution is 14.1. The molecule has 0 saturated heterocycles. The predicted molar refractivity (Wildman–Crippen MR) is 87.0 cm³/mol. The first-order chi connectivity index (χ1) is 8.56. The number of halogens is 2. The highest BCUT2D eigenvalue weighted by Gasteiger charge is 2.12. The van der Waals surface area contributed by atoms with Crippen LogP contribution in [0.15, 0.2) is 39.5 Å². The normalized spacial score (nSPS) is 10.4. The number of hydrogen-bond donors (Lipinski definition) is 0. The maximum Gasteiger partial charge on any atom is 0.253 e. The van der Waals surface area contributed by atoms with Crippen LogP contribution in [-0.4, -0.2) is 17.9 Å². The van der Waals surface area contributed by atoms with Crippen molar-refractivity contribution in [3.05, 3.63) is 54.2 Å². The van der Waals surface area contributed by atoms with Gasteiger partial charge in [-0.15, -0.1) is 11.3 Å². The third-order valence-electron chi connectivity index (χ3n) is 2.46. The summed E-state index contributed by atoms with van der Waals surface area (Å²) in [6.45, 7) is 0.631. The minimum atomic E-state index is 0.0517. The molecule has 2 rings (SSSR count). The minimum Gasteiger partial charge on any atom is -0.337 e. The first kappa shape index (κ1) is 14.0. The number of benzene rings is 1. The van der Waals surface area contributed by atoms with E-state index in [0.29, 0.717) is 6.54 Å². The lowest BCUT2D eigenvalue weighted by Crippen LogP contribution is -2.25. The van der Waals surface area contributed by atoms with Crippen molar-refractivity contribution in [3.8, 4) is 0 Å². The maximum absolute atomic E-state index is 12.2. The molecule has 0 unspecified atom stereocenters. The molecular formula is C13H11BrINOS. The average molecular weight is 436 g/mol. The topological polar surface area (TPSA) is 20.3 Å². The van der Waals surface area contributed by atoms with Crippen molar-refractivity contribution >= 4 is 55.8 Å². The average Bonchev–Trinajstić information content (AvgIpc) is 2.73. The quantitative estimate of drug-likeness (QED) is 0.655. The van der Waals surface area contributed by atoms with Gasteiger partial charge in [0.25, 0.3) is 5.91 Å². The van der Waals surface area contributed by atoms with Crippen molar-refractivity contribution < 1.29 is 4.79 Å². The van der Waals surface area contributed by atoms with E-state index in [4.69, 9.17) is 0 Å². The van der Waals surface area contributed by atoms with Crippen LogP contribution in [0, 0.1) is 3.57 Å². The van der Waals surface area contributed by atoms with Gasteiger partial charge in [-0.05, 0) is 73.7 Å². The highest BCUT2D eigenvalue weighted by Crippen LogP contribution is 2.22. The lowest BCUT2D eigenvalue weighted by Gasteiger charge is -2.16. The lowest BCUT2D eigenvalue weighted by atomic mass is 10.2. The molecule has 94 valence electrons. The molecule has 0 aliphatic rings. The van der Waals surface area contributed by atoms with Crippen LogP contribution in [0.2, 0.25) is 0 Å². The number of carbonyl (C=O) groups is 1. The Labute approximate surface area is 132 Å². The smallest absolute Gasteiger partial charge is 0.253 e. The third-order valence-corrected chi connectivity index (χ3v) is 4.68. The Bertz CT molecular complexity index is 570. The minimum absolute atomic E-state index is 0.0517. The molecule has 0 bridgehead atoms. The highest BCUT2D eigenvalue weighted by atomic mass is 127. The van der Waals surface area contributed by atoms with Crippen molar-refractivity contribution in [1.82, 2.24) is 4.90 Å². The summed E-state index contributed by atoms with van der Waals surface area (Å²) in [4.78, 5) is 14.0. The Morgan fingerprint density at radius 2 is 2.22 bits per heavy atom. The number of nitrogens with zero attached hydrogens (tertiary/aromatic N) is 1. The fraction of sp³-hybridized carbons (Fsp3) is 0.154. The number of carbonyl (C=O) groups excluding carboxylic acids is 1. The zero-order chi connectivity index (χ0) is 13.1. The number of thiophene rings is 1. The molecule has 0 atom stereocenters. The summed E-state index contributed by atoms with van der Waals surface area (Å²) >= 11 is 7.28. The Balaban J connectivity index is 2.09. The number of rotatable bonds is 3. The fourth-order valence-electron chi connectivity index (χ4n) is 1.62. The number of hydrogen-bond acceptors (Lipinski definition) is 2. The molecule has 18 heavy (non-hydrogen) atoms. The van der Waals surface area contributed by atoms with Crippen molar-refractivity contribution in [2.45, 2.75) is 6.54 Å². The van der Waals surface area contributed by atoms with Gasteiger partial charge < -0.3 is 4.90 Å². The van der Waals surface area contributed by atoms with E-state index in [2.05, 4.69) is 43.9 Å². The molecule has 0 aliphatic heterocycles. The predicted octanol–water partition coefficient (Wildman–Crippen LogP) is 4.39. The van der Waals surface area contributed by atoms with E-state index in [-0.39, 0.29) is 5.91 Å². The fourth-order valence-corrected chi connectivity index (χ4v) is 3.36. The van der Waals surface area contributed by atoms with Crippen LogP contribution in [-0.2, 0) is 6.54 Å². The van der Waals surface area contributed by atoms with Gasteiger partial charge in [0.05, 0.1) is 3.79 Å². The van der Waals surface area contributed by atoms with Crippen LogP contribution < -0.4 is 0 Å². The summed E-state index contributed by atoms with van der Waals surface area (Å²) < 4.78 is 2.16. The lowest BCUT2D eigenvalue weighted by molar-refractivity contribution is 0.0785. The standard InChI is InChI=1S/C13H11BrINOS/c1-16(7-9-5-12(14)18-8-9)13(17)10-3-2-4-11(15)6-10/h2-6,8H,7H2,1H3. The largest absolute Gasteiger partial charge is 0.337 e. The van der Waals surface area contributed by atoms with Crippen LogP contribution in [0.1, 0.15) is 15.9 Å². The van der Waals surface area contributed by atoms with Crippen molar-refractivity contribution in [1.29, 1.82) is 0 Å². The first-order valence-electron chi connectivity index (χ1n) is 5.30. The molecule has 5 heteroatoms. The second-order valence-electron chi connectivity index (χ2n) is 3.93. The molecule has 0 fully saturated rings. The molecule has 0 N–H and O–H groups in total. The molecule has 0 radical (unpaired) electrons. The van der Waals surface area contributed by atoms with E-state index >= 15 is 0 Å². The van der Waals surface area contributed by atoms with Crippen LogP contribution >= 0.6 is 49.9 Å². The SMILES string of the molecule is CN(Cc1csc(Br)c1)C(=O)c1cccc(I)c1. The second-order valence-corrected chi connectivity index (χ2v) is 7.47. The van der Waals surface area contributed by atoms with Gasteiger partial charge in [-0.2, -0.15) is 0 Å². The molecule has 1 amide bonds. The van der Waals surface area contributed by atoms with Crippen LogP contribution in [0.3, 0.4) is 0 Å². The Morgan fingerprint density at radius 3 is 2.83 bits per heavy atom. The molecule has 0 aliphatic carbocycles. The zero-order valence-corrected chi connectivity index (χ0v) is 14.3. The molecule has 0 spiro atoms. The molecular weight excluding hydrogens is 425 g/mol. The van der Waals surface area contributed by atoms with E-state index in [9.17, 15) is 4.79 Å². The Morgan fingerprint density at radius 1 is 1.44 bits per heavy atom. The second kappa shape index (κ2) is 6.16. The van der Waals surface area contributed by atoms with Gasteiger partial charge in [0.15, 0.2) is 0 Å². The van der Waals surface area contributed by atoms with Gasteiger partial charge in [-0.3, -0.25) is 4.79 Å². The summed E-state index contributed by atoms with van der Waals surface area (Å²) in [5, 5.41) is 2.06. The van der Waals surface area contributed by atoms with Crippen molar-refractivity contribution in [2.75, 3.05) is 7.05 Å². The Hall–Kier alpha value is -0.400. The van der Waals surface area contributed by atoms with Crippen molar-refractivity contribution in [3.63, 3.8) is 0 Å². The number of amides is 1. The van der Waals surface area contributed by atoms with Gasteiger partial charge in [0, 0.05) is 22.7 Å². The molecule has 1 heterocycles. The summed E-state index contributed by atoms with van der Waals surface area (Å²) in [6.07, 6.45) is 0. The molecule has 1 aromatic heterocycles. The van der Waals surface area contributed by atoms with Gasteiger partial charge in [0.2, 0.25) is 0 Å². The van der Waals surface area contributed by atoms with E-state index in [1.54, 1.807) is 16.2 Å². The third kappa shape index (κ3) is 3.55. The monoisotopic (exact) mass is 435 g/mol. The van der Waals surface area contributed by atoms with Crippen LogP contribution in [0.4, 0.5) is 0 Å². The zero-order valence-electron chi connectivity index (χ0n) is 9.69. The van der Waals surface area contributed by atoms with Gasteiger partial charge in [-0.1, -0.05) is 6.07 Å². The van der Waals surface area contributed by atoms with Crippen LogP contribution in [0.5, 0.6) is 0 Å². The first-order valence-corrected chi connectivity index (χ1v) is 8.05. The van der Waals surface area contributed by atoms with E-state index in [0.717, 1.165) is 18.5 Å². The van der Waals surface area contributed by atoms with E-state index in [1.165, 1.54) is 0 Å². The summed E-state index contributed by atoms with van der Waals surface area (Å²) in [5.41, 5.74) is 1.88. The van der Waals surface area contributed by atoms with Crippen molar-refractivity contribution in [2.24, 2.45) is 0 Å². The molecule has 0 saturated carbocycles. The Kier molecular flexibility index (Phi) is 4.80. The summed E-state index contributed by atoms with van der Waals surface area (Å²) in [7, 11) is 1.83. The molecule has 1 aromatic carbocycles. The van der Waals surface area contributed by atoms with E-state index < -0.39 is 0 Å². The van der Waals surface area contributed by atoms with Gasteiger partial charge in [-0.25, -0.2) is 0 Å². The summed E-state index contributed by atoms with van der Waals surface area (Å²) in [6, 6.07) is 9.69. The van der Waals surface area contributed by atoms with E-state index in [1.807, 2.05) is 37.4 Å². The molecule has 2 aromatic rings. The van der Waals surface area contributed by atoms with Crippen LogP contribution in [0.25, 0.3) is 0 Å². The van der Waals surface area contributed by atoms with Gasteiger partial charge >= 0.3 is 0 Å². The molecule has 2 nitrogen and oxygen atoms in total. The van der Waals surface area contributed by atoms with Gasteiger partial charge in [0.1, 0.15) is 0 Å².